The highest BCUT2D eigenvalue weighted by Gasteiger charge is 2.25. The minimum atomic E-state index is -0.196. The van der Waals surface area contributed by atoms with Gasteiger partial charge in [-0.3, -0.25) is 9.59 Å². The van der Waals surface area contributed by atoms with E-state index in [0.717, 1.165) is 36.2 Å². The van der Waals surface area contributed by atoms with Gasteiger partial charge in [0.25, 0.3) is 5.91 Å². The van der Waals surface area contributed by atoms with Gasteiger partial charge in [0.1, 0.15) is 12.4 Å². The number of nitrogens with zero attached hydrogens (tertiary/aromatic N) is 3. The first-order valence-electron chi connectivity index (χ1n) is 8.57. The SMILES string of the molecule is CCc1cccc(NC(=O)CN2CCCc3nc(C)ncc3C2=O)c1. The predicted molar refractivity (Wildman–Crippen MR) is 95.4 cm³/mol. The Balaban J connectivity index is 1.70. The van der Waals surface area contributed by atoms with E-state index in [-0.39, 0.29) is 18.4 Å². The highest BCUT2D eigenvalue weighted by atomic mass is 16.2. The van der Waals surface area contributed by atoms with Gasteiger partial charge < -0.3 is 10.2 Å². The first kappa shape index (κ1) is 17.1. The maximum Gasteiger partial charge on any atom is 0.257 e. The molecule has 25 heavy (non-hydrogen) atoms. The molecule has 1 aliphatic heterocycles. The second-order valence-corrected chi connectivity index (χ2v) is 6.21. The summed E-state index contributed by atoms with van der Waals surface area (Å²) in [5, 5.41) is 2.87. The summed E-state index contributed by atoms with van der Waals surface area (Å²) in [7, 11) is 0. The minimum absolute atomic E-state index is 0.0303. The van der Waals surface area contributed by atoms with Crippen molar-refractivity contribution in [3.8, 4) is 0 Å². The fraction of sp³-hybridized carbons (Fsp3) is 0.368. The Kier molecular flexibility index (Phi) is 5.07. The van der Waals surface area contributed by atoms with Crippen molar-refractivity contribution in [1.29, 1.82) is 0 Å². The zero-order valence-electron chi connectivity index (χ0n) is 14.6. The lowest BCUT2D eigenvalue weighted by Crippen LogP contribution is -2.38. The van der Waals surface area contributed by atoms with Crippen LogP contribution in [0.5, 0.6) is 0 Å². The summed E-state index contributed by atoms with van der Waals surface area (Å²) >= 11 is 0. The molecule has 0 spiro atoms. The van der Waals surface area contributed by atoms with Crippen LogP contribution < -0.4 is 5.32 Å². The van der Waals surface area contributed by atoms with Crippen LogP contribution in [0.2, 0.25) is 0 Å². The van der Waals surface area contributed by atoms with Crippen LogP contribution in [0.15, 0.2) is 30.5 Å². The molecule has 2 heterocycles. The van der Waals surface area contributed by atoms with Crippen molar-refractivity contribution < 1.29 is 9.59 Å². The van der Waals surface area contributed by atoms with Crippen LogP contribution >= 0.6 is 0 Å². The maximum atomic E-state index is 12.7. The van der Waals surface area contributed by atoms with Crippen molar-refractivity contribution >= 4 is 17.5 Å². The highest BCUT2D eigenvalue weighted by Crippen LogP contribution is 2.17. The summed E-state index contributed by atoms with van der Waals surface area (Å²) in [6.07, 6.45) is 3.99. The average molecular weight is 338 g/mol. The van der Waals surface area contributed by atoms with Crippen molar-refractivity contribution in [3.63, 3.8) is 0 Å². The molecule has 1 aliphatic rings. The molecule has 0 unspecified atom stereocenters. The van der Waals surface area contributed by atoms with Crippen molar-refractivity contribution in [2.45, 2.75) is 33.1 Å². The summed E-state index contributed by atoms with van der Waals surface area (Å²) in [5.41, 5.74) is 3.19. The molecule has 0 bridgehead atoms. The number of hydrogen-bond donors (Lipinski definition) is 1. The standard InChI is InChI=1S/C19H22N4O2/c1-3-14-6-4-7-15(10-14)22-18(24)12-23-9-5-8-17-16(19(23)25)11-20-13(2)21-17/h4,6-7,10-11H,3,5,8-9,12H2,1-2H3,(H,22,24). The van der Waals surface area contributed by atoms with Gasteiger partial charge in [0.2, 0.25) is 5.91 Å². The molecule has 1 aromatic heterocycles. The van der Waals surface area contributed by atoms with Crippen LogP contribution in [0, 0.1) is 6.92 Å². The molecule has 6 nitrogen and oxygen atoms in total. The molecule has 2 aromatic rings. The molecule has 6 heteroatoms. The molecule has 0 fully saturated rings. The quantitative estimate of drug-likeness (QED) is 0.929. The van der Waals surface area contributed by atoms with E-state index in [4.69, 9.17) is 0 Å². The Morgan fingerprint density at radius 2 is 2.20 bits per heavy atom. The zero-order chi connectivity index (χ0) is 17.8. The largest absolute Gasteiger partial charge is 0.329 e. The number of carbonyl (C=O) groups is 2. The molecule has 1 N–H and O–H groups in total. The van der Waals surface area contributed by atoms with Crippen molar-refractivity contribution in [1.82, 2.24) is 14.9 Å². The lowest BCUT2D eigenvalue weighted by molar-refractivity contribution is -0.116. The van der Waals surface area contributed by atoms with E-state index in [1.54, 1.807) is 11.1 Å². The van der Waals surface area contributed by atoms with Crippen molar-refractivity contribution in [2.24, 2.45) is 0 Å². The summed E-state index contributed by atoms with van der Waals surface area (Å²) in [6, 6.07) is 7.75. The van der Waals surface area contributed by atoms with Gasteiger partial charge in [0.05, 0.1) is 11.3 Å². The molecular formula is C19H22N4O2. The third-order valence-corrected chi connectivity index (χ3v) is 4.30. The molecule has 1 aromatic carbocycles. The van der Waals surface area contributed by atoms with Gasteiger partial charge in [-0.25, -0.2) is 9.97 Å². The van der Waals surface area contributed by atoms with E-state index in [1.165, 1.54) is 0 Å². The number of fused-ring (bicyclic) bond motifs is 1. The van der Waals surface area contributed by atoms with Gasteiger partial charge in [0.15, 0.2) is 0 Å². The van der Waals surface area contributed by atoms with E-state index >= 15 is 0 Å². The van der Waals surface area contributed by atoms with E-state index < -0.39 is 0 Å². The molecule has 0 saturated carbocycles. The molecule has 0 aliphatic carbocycles. The van der Waals surface area contributed by atoms with Crippen LogP contribution in [-0.4, -0.2) is 39.8 Å². The number of hydrogen-bond acceptors (Lipinski definition) is 4. The topological polar surface area (TPSA) is 75.2 Å². The number of aromatic nitrogens is 2. The van der Waals surface area contributed by atoms with Gasteiger partial charge in [-0.1, -0.05) is 19.1 Å². The predicted octanol–water partition coefficient (Wildman–Crippen LogP) is 2.37. The molecule has 0 atom stereocenters. The van der Waals surface area contributed by atoms with Crippen molar-refractivity contribution in [2.75, 3.05) is 18.4 Å². The number of amides is 2. The second-order valence-electron chi connectivity index (χ2n) is 6.21. The minimum Gasteiger partial charge on any atom is -0.329 e. The Hall–Kier alpha value is -2.76. The Labute approximate surface area is 147 Å². The lowest BCUT2D eigenvalue weighted by Gasteiger charge is -2.20. The highest BCUT2D eigenvalue weighted by molar-refractivity contribution is 6.00. The Morgan fingerprint density at radius 3 is 3.00 bits per heavy atom. The van der Waals surface area contributed by atoms with E-state index in [0.29, 0.717) is 17.9 Å². The summed E-state index contributed by atoms with van der Waals surface area (Å²) in [5.74, 6) is 0.289. The van der Waals surface area contributed by atoms with Gasteiger partial charge in [-0.15, -0.1) is 0 Å². The summed E-state index contributed by atoms with van der Waals surface area (Å²) < 4.78 is 0. The smallest absolute Gasteiger partial charge is 0.257 e. The first-order chi connectivity index (χ1) is 12.1. The molecule has 0 saturated heterocycles. The molecule has 3 rings (SSSR count). The van der Waals surface area contributed by atoms with Crippen LogP contribution in [-0.2, 0) is 17.6 Å². The molecule has 130 valence electrons. The fourth-order valence-corrected chi connectivity index (χ4v) is 2.99. The lowest BCUT2D eigenvalue weighted by atomic mass is 10.1. The monoisotopic (exact) mass is 338 g/mol. The molecular weight excluding hydrogens is 316 g/mol. The van der Waals surface area contributed by atoms with Crippen LogP contribution in [0.3, 0.4) is 0 Å². The van der Waals surface area contributed by atoms with Gasteiger partial charge in [-0.2, -0.15) is 0 Å². The number of anilines is 1. The number of benzene rings is 1. The average Bonchev–Trinajstić information content (AvgIpc) is 2.74. The summed E-state index contributed by atoms with van der Waals surface area (Å²) in [4.78, 5) is 35.1. The first-order valence-corrected chi connectivity index (χ1v) is 8.57. The zero-order valence-corrected chi connectivity index (χ0v) is 14.6. The third kappa shape index (κ3) is 4.02. The summed E-state index contributed by atoms with van der Waals surface area (Å²) in [6.45, 7) is 4.45. The number of carbonyl (C=O) groups excluding carboxylic acids is 2. The second kappa shape index (κ2) is 7.42. The molecule has 2 amide bonds. The fourth-order valence-electron chi connectivity index (χ4n) is 2.99. The van der Waals surface area contributed by atoms with Crippen LogP contribution in [0.1, 0.15) is 40.8 Å². The van der Waals surface area contributed by atoms with E-state index in [9.17, 15) is 9.59 Å². The van der Waals surface area contributed by atoms with E-state index in [1.807, 2.05) is 31.2 Å². The number of rotatable bonds is 4. The van der Waals surface area contributed by atoms with Crippen molar-refractivity contribution in [3.05, 3.63) is 53.1 Å². The normalized spacial score (nSPS) is 14.0. The van der Waals surface area contributed by atoms with Gasteiger partial charge >= 0.3 is 0 Å². The van der Waals surface area contributed by atoms with Crippen LogP contribution in [0.4, 0.5) is 5.69 Å². The van der Waals surface area contributed by atoms with Gasteiger partial charge in [-0.05, 0) is 43.9 Å². The van der Waals surface area contributed by atoms with E-state index in [2.05, 4.69) is 22.2 Å². The third-order valence-electron chi connectivity index (χ3n) is 4.30. The Bertz CT molecular complexity index is 804. The number of aryl methyl sites for hydroxylation is 3. The van der Waals surface area contributed by atoms with Crippen LogP contribution in [0.25, 0.3) is 0 Å². The number of nitrogens with one attached hydrogen (secondary N) is 1. The molecule has 0 radical (unpaired) electrons. The van der Waals surface area contributed by atoms with Gasteiger partial charge in [0, 0.05) is 18.4 Å². The Morgan fingerprint density at radius 1 is 1.36 bits per heavy atom. The maximum absolute atomic E-state index is 12.7.